The summed E-state index contributed by atoms with van der Waals surface area (Å²) in [7, 11) is 0. The van der Waals surface area contributed by atoms with Crippen molar-refractivity contribution in [2.75, 3.05) is 5.73 Å². The third kappa shape index (κ3) is 2.40. The fourth-order valence-electron chi connectivity index (χ4n) is 2.93. The van der Waals surface area contributed by atoms with Gasteiger partial charge in [-0.2, -0.15) is 0 Å². The number of halogens is 1. The molecule has 1 atom stereocenters. The highest BCUT2D eigenvalue weighted by molar-refractivity contribution is 9.10. The molecule has 0 spiro atoms. The molecule has 0 aliphatic heterocycles. The van der Waals surface area contributed by atoms with E-state index in [9.17, 15) is 9.90 Å². The number of nitrogens with two attached hydrogens (primary N) is 1. The second-order valence-corrected chi connectivity index (χ2v) is 6.04. The Kier molecular flexibility index (Phi) is 3.41. The standard InChI is InChI=1S/C15H14BrN3O2/c1-7-13-10(19-15(17)18-7)5-8(6-12(13)21)14-9(16)3-2-4-11(14)20/h2-4,8,20H,5-6H2,1H3,(H2,17,18,19). The number of phenols is 1. The highest BCUT2D eigenvalue weighted by Crippen LogP contribution is 2.40. The highest BCUT2D eigenvalue weighted by Gasteiger charge is 2.31. The Morgan fingerprint density at radius 1 is 1.33 bits per heavy atom. The van der Waals surface area contributed by atoms with Gasteiger partial charge in [0.2, 0.25) is 5.95 Å². The number of anilines is 1. The third-order valence-electron chi connectivity index (χ3n) is 3.77. The number of carbonyl (C=O) groups excluding carboxylic acids is 1. The van der Waals surface area contributed by atoms with Gasteiger partial charge in [0.05, 0.1) is 17.0 Å². The van der Waals surface area contributed by atoms with E-state index in [1.807, 2.05) is 6.07 Å². The molecule has 108 valence electrons. The molecule has 6 heteroatoms. The molecule has 0 saturated carbocycles. The molecule has 1 aromatic heterocycles. The maximum absolute atomic E-state index is 12.4. The van der Waals surface area contributed by atoms with Crippen LogP contribution in [0.15, 0.2) is 22.7 Å². The lowest BCUT2D eigenvalue weighted by molar-refractivity contribution is 0.0961. The number of aromatic nitrogens is 2. The normalized spacial score (nSPS) is 17.6. The molecule has 21 heavy (non-hydrogen) atoms. The van der Waals surface area contributed by atoms with E-state index in [4.69, 9.17) is 5.73 Å². The Morgan fingerprint density at radius 3 is 2.81 bits per heavy atom. The van der Waals surface area contributed by atoms with Crippen LogP contribution in [0.2, 0.25) is 0 Å². The second kappa shape index (κ2) is 5.11. The lowest BCUT2D eigenvalue weighted by Crippen LogP contribution is -2.23. The van der Waals surface area contributed by atoms with Gasteiger partial charge in [-0.05, 0) is 25.5 Å². The second-order valence-electron chi connectivity index (χ2n) is 5.19. The van der Waals surface area contributed by atoms with E-state index in [-0.39, 0.29) is 23.4 Å². The van der Waals surface area contributed by atoms with Gasteiger partial charge < -0.3 is 10.8 Å². The van der Waals surface area contributed by atoms with Gasteiger partial charge in [0.15, 0.2) is 5.78 Å². The van der Waals surface area contributed by atoms with Crippen LogP contribution >= 0.6 is 15.9 Å². The van der Waals surface area contributed by atoms with E-state index in [1.165, 1.54) is 0 Å². The van der Waals surface area contributed by atoms with Crippen LogP contribution in [0.5, 0.6) is 5.75 Å². The van der Waals surface area contributed by atoms with Gasteiger partial charge in [0, 0.05) is 22.4 Å². The van der Waals surface area contributed by atoms with E-state index in [1.54, 1.807) is 19.1 Å². The van der Waals surface area contributed by atoms with Crippen molar-refractivity contribution in [3.63, 3.8) is 0 Å². The number of phenolic OH excluding ortho intramolecular Hbond substituents is 1. The smallest absolute Gasteiger partial charge is 0.220 e. The summed E-state index contributed by atoms with van der Waals surface area (Å²) < 4.78 is 0.794. The van der Waals surface area contributed by atoms with Gasteiger partial charge in [-0.15, -0.1) is 0 Å². The monoisotopic (exact) mass is 347 g/mol. The van der Waals surface area contributed by atoms with Crippen molar-refractivity contribution in [2.24, 2.45) is 0 Å². The number of rotatable bonds is 1. The number of Topliss-reactive ketones (excluding diaryl/α,β-unsaturated/α-hetero) is 1. The Balaban J connectivity index is 2.08. The zero-order chi connectivity index (χ0) is 15.1. The number of carbonyl (C=O) groups is 1. The third-order valence-corrected chi connectivity index (χ3v) is 4.46. The quantitative estimate of drug-likeness (QED) is 0.827. The molecule has 3 rings (SSSR count). The maximum atomic E-state index is 12.4. The van der Waals surface area contributed by atoms with E-state index in [0.717, 1.165) is 10.0 Å². The first-order valence-electron chi connectivity index (χ1n) is 6.61. The van der Waals surface area contributed by atoms with Crippen LogP contribution in [0.1, 0.15) is 39.6 Å². The molecule has 3 N–H and O–H groups in total. The lowest BCUT2D eigenvalue weighted by Gasteiger charge is -2.25. The minimum atomic E-state index is -0.116. The van der Waals surface area contributed by atoms with E-state index in [0.29, 0.717) is 29.8 Å². The number of aromatic hydroxyl groups is 1. The van der Waals surface area contributed by atoms with E-state index in [2.05, 4.69) is 25.9 Å². The molecule has 0 amide bonds. The predicted molar refractivity (Wildman–Crippen MR) is 82.4 cm³/mol. The number of hydrogen-bond donors (Lipinski definition) is 2. The molecule has 0 fully saturated rings. The average Bonchev–Trinajstić information content (AvgIpc) is 2.36. The Morgan fingerprint density at radius 2 is 2.10 bits per heavy atom. The fourth-order valence-corrected chi connectivity index (χ4v) is 3.61. The number of ketones is 1. The SMILES string of the molecule is Cc1nc(N)nc2c1C(=O)CC(c1c(O)cccc1Br)C2. The molecule has 5 nitrogen and oxygen atoms in total. The highest BCUT2D eigenvalue weighted by atomic mass is 79.9. The van der Waals surface area contributed by atoms with Gasteiger partial charge in [-0.1, -0.05) is 22.0 Å². The number of benzene rings is 1. The zero-order valence-corrected chi connectivity index (χ0v) is 13.0. The molecule has 0 bridgehead atoms. The summed E-state index contributed by atoms with van der Waals surface area (Å²) in [4.78, 5) is 20.7. The van der Waals surface area contributed by atoms with E-state index < -0.39 is 0 Å². The van der Waals surface area contributed by atoms with Gasteiger partial charge in [-0.3, -0.25) is 4.79 Å². The van der Waals surface area contributed by atoms with Crippen molar-refractivity contribution in [3.8, 4) is 5.75 Å². The summed E-state index contributed by atoms with van der Waals surface area (Å²) in [5.41, 5.74) is 8.28. The molecule has 1 aromatic carbocycles. The summed E-state index contributed by atoms with van der Waals surface area (Å²) in [5.74, 6) is 0.239. The number of aryl methyl sites for hydroxylation is 1. The average molecular weight is 348 g/mol. The van der Waals surface area contributed by atoms with Crippen LogP contribution in [0, 0.1) is 6.92 Å². The Bertz CT molecular complexity index is 726. The van der Waals surface area contributed by atoms with Gasteiger partial charge in [-0.25, -0.2) is 9.97 Å². The summed E-state index contributed by atoms with van der Waals surface area (Å²) in [6, 6.07) is 5.24. The van der Waals surface area contributed by atoms with Crippen LogP contribution in [0.4, 0.5) is 5.95 Å². The molecule has 1 heterocycles. The fraction of sp³-hybridized carbons (Fsp3) is 0.267. The number of nitrogens with zero attached hydrogens (tertiary/aromatic N) is 2. The summed E-state index contributed by atoms with van der Waals surface area (Å²) in [6.07, 6.45) is 0.891. The summed E-state index contributed by atoms with van der Waals surface area (Å²) in [5, 5.41) is 10.1. The van der Waals surface area contributed by atoms with Crippen molar-refractivity contribution in [1.29, 1.82) is 0 Å². The summed E-state index contributed by atoms with van der Waals surface area (Å²) in [6.45, 7) is 1.77. The van der Waals surface area contributed by atoms with E-state index >= 15 is 0 Å². The van der Waals surface area contributed by atoms with Gasteiger partial charge in [0.1, 0.15) is 5.75 Å². The molecular formula is C15H14BrN3O2. The minimum Gasteiger partial charge on any atom is -0.508 e. The van der Waals surface area contributed by atoms with Crippen molar-refractivity contribution in [3.05, 3.63) is 45.2 Å². The van der Waals surface area contributed by atoms with Crippen LogP contribution in [-0.4, -0.2) is 20.9 Å². The first-order chi connectivity index (χ1) is 9.97. The van der Waals surface area contributed by atoms with Crippen LogP contribution < -0.4 is 5.73 Å². The zero-order valence-electron chi connectivity index (χ0n) is 11.4. The Labute approximate surface area is 130 Å². The van der Waals surface area contributed by atoms with Crippen LogP contribution in [0.3, 0.4) is 0 Å². The lowest BCUT2D eigenvalue weighted by atomic mass is 9.81. The van der Waals surface area contributed by atoms with Crippen LogP contribution in [0.25, 0.3) is 0 Å². The molecular weight excluding hydrogens is 334 g/mol. The molecule has 2 aromatic rings. The van der Waals surface area contributed by atoms with Crippen molar-refractivity contribution in [1.82, 2.24) is 9.97 Å². The summed E-state index contributed by atoms with van der Waals surface area (Å²) >= 11 is 3.44. The Hall–Kier alpha value is -1.95. The maximum Gasteiger partial charge on any atom is 0.220 e. The largest absolute Gasteiger partial charge is 0.508 e. The molecule has 0 radical (unpaired) electrons. The number of hydrogen-bond acceptors (Lipinski definition) is 5. The van der Waals surface area contributed by atoms with Crippen molar-refractivity contribution in [2.45, 2.75) is 25.7 Å². The van der Waals surface area contributed by atoms with Crippen molar-refractivity contribution < 1.29 is 9.90 Å². The minimum absolute atomic E-state index is 0.00565. The predicted octanol–water partition coefficient (Wildman–Crippen LogP) is 2.75. The molecule has 1 unspecified atom stereocenters. The number of fused-ring (bicyclic) bond motifs is 1. The number of nitrogen functional groups attached to an aromatic ring is 1. The molecule has 1 aliphatic carbocycles. The first kappa shape index (κ1) is 14.0. The van der Waals surface area contributed by atoms with Gasteiger partial charge in [0.25, 0.3) is 0 Å². The molecule has 1 aliphatic rings. The topological polar surface area (TPSA) is 89.1 Å². The molecule has 0 saturated heterocycles. The van der Waals surface area contributed by atoms with Crippen LogP contribution in [-0.2, 0) is 6.42 Å². The first-order valence-corrected chi connectivity index (χ1v) is 7.40. The van der Waals surface area contributed by atoms with Gasteiger partial charge >= 0.3 is 0 Å². The van der Waals surface area contributed by atoms with Crippen molar-refractivity contribution >= 4 is 27.7 Å².